The first-order valence-electron chi connectivity index (χ1n) is 28.8. The van der Waals surface area contributed by atoms with E-state index in [0.29, 0.717) is 5.56 Å². The van der Waals surface area contributed by atoms with Crippen molar-refractivity contribution in [3.05, 3.63) is 238 Å². The van der Waals surface area contributed by atoms with Crippen LogP contribution in [0, 0.1) is 5.82 Å². The van der Waals surface area contributed by atoms with Crippen molar-refractivity contribution in [2.45, 2.75) is 77.0 Å². The van der Waals surface area contributed by atoms with Crippen LogP contribution in [-0.4, -0.2) is 30.4 Å². The Morgan fingerprint density at radius 3 is 1.24 bits per heavy atom. The van der Waals surface area contributed by atoms with E-state index in [1.165, 1.54) is 88.5 Å². The van der Waals surface area contributed by atoms with E-state index >= 15 is 0 Å². The van der Waals surface area contributed by atoms with E-state index in [9.17, 15) is 19.7 Å². The average Bonchev–Trinajstić information content (AvgIpc) is 1.92. The summed E-state index contributed by atoms with van der Waals surface area (Å²) in [5.74, 6) is 0.00122. The number of halogens is 1. The topological polar surface area (TPSA) is 112 Å². The molecular formula is C75H58Be3FN3O3S3+6. The summed E-state index contributed by atoms with van der Waals surface area (Å²) in [4.78, 5) is 10.3. The van der Waals surface area contributed by atoms with Crippen molar-refractivity contribution in [2.75, 3.05) is 0 Å². The van der Waals surface area contributed by atoms with Crippen LogP contribution in [0.2, 0.25) is 0 Å². The summed E-state index contributed by atoms with van der Waals surface area (Å²) in [6.45, 7) is 17.6. The van der Waals surface area contributed by atoms with Gasteiger partial charge in [-0.1, -0.05) is 240 Å². The summed E-state index contributed by atoms with van der Waals surface area (Å²) in [6, 6.07) is 63.0. The zero-order valence-electron chi connectivity index (χ0n) is 50.3. The molecule has 17 rings (SSSR count). The molecule has 3 aromatic heterocycles. The van der Waals surface area contributed by atoms with Crippen LogP contribution in [0.5, 0.6) is 17.2 Å². The number of thiazole rings is 3. The fraction of sp³-hybridized carbons (Fsp3) is 0.160. The van der Waals surface area contributed by atoms with Crippen LogP contribution in [0.3, 0.4) is 0 Å². The van der Waals surface area contributed by atoms with Gasteiger partial charge in [-0.15, -0.1) is 0 Å². The van der Waals surface area contributed by atoms with Gasteiger partial charge in [-0.2, -0.15) is 15.0 Å². The summed E-state index contributed by atoms with van der Waals surface area (Å²) in [5.41, 5.74) is 23.2. The number of fused-ring (bicyclic) bond motifs is 15. The van der Waals surface area contributed by atoms with Gasteiger partial charge in [0.25, 0.3) is 15.0 Å². The molecular weight excluding hydrogens is 1130 g/mol. The second-order valence-corrected chi connectivity index (χ2v) is 28.1. The fourth-order valence-corrected chi connectivity index (χ4v) is 17.6. The number of benzene rings is 10. The minimum absolute atomic E-state index is 0. The first-order valence-corrected chi connectivity index (χ1v) is 31.2. The van der Waals surface area contributed by atoms with Gasteiger partial charge in [0.05, 0.1) is 16.7 Å². The quantitative estimate of drug-likeness (QED) is 0.164. The van der Waals surface area contributed by atoms with Crippen LogP contribution >= 0.6 is 34.0 Å². The maximum Gasteiger partial charge on any atom is 2.00 e. The molecule has 88 heavy (non-hydrogen) atoms. The third kappa shape index (κ3) is 8.90. The molecule has 416 valence electrons. The van der Waals surface area contributed by atoms with E-state index in [-0.39, 0.29) is 75.1 Å². The third-order valence-electron chi connectivity index (χ3n) is 18.6. The molecule has 4 aliphatic rings. The molecule has 0 saturated carbocycles. The molecule has 0 fully saturated rings. The van der Waals surface area contributed by atoms with Crippen molar-refractivity contribution in [1.82, 2.24) is 0 Å². The van der Waals surface area contributed by atoms with E-state index in [4.69, 9.17) is 0 Å². The van der Waals surface area contributed by atoms with Crippen molar-refractivity contribution in [3.63, 3.8) is 0 Å². The third-order valence-corrected chi connectivity index (χ3v) is 21.9. The van der Waals surface area contributed by atoms with Crippen LogP contribution in [0.1, 0.15) is 99.9 Å². The SMILES string of the molecule is CC1(C)c2ccccc2-c2cc3[nH+]c(-c4ccc5c(c4[O-])C(C)(C)c4ccccc4-5)sc3cc21.CC1(C)c2ccccc2-c2ccc(-c3[nH+]c4ccc(F)cc4s3)c([O-])c21.CC1(C)c2ccccc2-c2ccc([O-])c(-c3[nH+]c4ccccc4s3)c21.[Be+2].[Be+2].[Be+2]. The standard InChI is InChI=1S/C31H25NOS.C22H16FNOS.C22H17NOS.3Be/c1-30(2)22-11-7-6-10-18(22)21-15-25-26(16-24(21)30)34-29(32-25)20-14-13-19-17-9-5-8-12-23(17)31(3,4)27(19)28(20)33;1-22(2)16-6-4-3-5-13(16)14-8-9-15(20(25)19(14)22)21-24-17-10-7-12(23)11-18(17)26-21;1-22(2)15-8-4-3-7-13(15)14-11-12-17(24)19(20(14)22)21-23-16-9-5-6-10-18(16)25-21;;;/h5-16,33H,1-4H3;3-11,25H,1-2H3;3-12,24H,1-2H3;;;/q;;;3*+2. The van der Waals surface area contributed by atoms with Gasteiger partial charge >= 0.3 is 30.4 Å². The first kappa shape index (κ1) is 60.0. The number of aromatic amines is 3. The van der Waals surface area contributed by atoms with Gasteiger partial charge in [0, 0.05) is 39.9 Å². The van der Waals surface area contributed by atoms with Gasteiger partial charge in [0.2, 0.25) is 16.6 Å². The largest absolute Gasteiger partial charge is 2.00 e. The Morgan fingerprint density at radius 1 is 0.318 bits per heavy atom. The van der Waals surface area contributed by atoms with Crippen LogP contribution in [0.4, 0.5) is 4.39 Å². The predicted octanol–water partition coefficient (Wildman–Crippen LogP) is 15.6. The van der Waals surface area contributed by atoms with Gasteiger partial charge in [0.1, 0.15) is 19.9 Å². The molecule has 0 amide bonds. The van der Waals surface area contributed by atoms with Crippen LogP contribution < -0.4 is 30.3 Å². The molecule has 0 unspecified atom stereocenters. The van der Waals surface area contributed by atoms with E-state index in [2.05, 4.69) is 186 Å². The summed E-state index contributed by atoms with van der Waals surface area (Å²) < 4.78 is 16.7. The summed E-state index contributed by atoms with van der Waals surface area (Å²) in [5, 5.41) is 42.8. The first-order chi connectivity index (χ1) is 40.8. The number of hydrogen-bond donors (Lipinski definition) is 0. The molecule has 10 aromatic carbocycles. The molecule has 0 atom stereocenters. The molecule has 0 radical (unpaired) electrons. The predicted molar refractivity (Wildman–Crippen MR) is 357 cm³/mol. The van der Waals surface area contributed by atoms with Crippen molar-refractivity contribution >= 4 is 95.0 Å². The van der Waals surface area contributed by atoms with E-state index in [0.717, 1.165) is 80.8 Å². The van der Waals surface area contributed by atoms with Crippen molar-refractivity contribution in [3.8, 4) is 93.5 Å². The molecule has 13 aromatic rings. The van der Waals surface area contributed by atoms with Gasteiger partial charge in [-0.05, 0) is 125 Å². The Bertz CT molecular complexity index is 4970. The summed E-state index contributed by atoms with van der Waals surface area (Å²) in [6.07, 6.45) is 0. The van der Waals surface area contributed by atoms with Gasteiger partial charge in [0.15, 0.2) is 0 Å². The molecule has 3 heterocycles. The van der Waals surface area contributed by atoms with E-state index < -0.39 is 0 Å². The minimum atomic E-state index is -0.332. The molecule has 0 bridgehead atoms. The number of para-hydroxylation sites is 1. The maximum absolute atomic E-state index is 13.9. The van der Waals surface area contributed by atoms with Crippen LogP contribution in [-0.2, 0) is 21.7 Å². The van der Waals surface area contributed by atoms with Gasteiger partial charge in [-0.25, -0.2) is 4.39 Å². The van der Waals surface area contributed by atoms with Crippen LogP contribution in [0.25, 0.3) is 107 Å². The minimum Gasteiger partial charge on any atom is -0.872 e. The Hall–Kier alpha value is -8.29. The number of nitrogens with one attached hydrogen (secondary N) is 3. The zero-order chi connectivity index (χ0) is 58.6. The van der Waals surface area contributed by atoms with E-state index in [1.807, 2.05) is 48.5 Å². The number of rotatable bonds is 3. The number of hydrogen-bond acceptors (Lipinski definition) is 6. The summed E-state index contributed by atoms with van der Waals surface area (Å²) >= 11 is 4.75. The smallest absolute Gasteiger partial charge is 0.872 e. The molecule has 3 N–H and O–H groups in total. The average molecular weight is 1190 g/mol. The Balaban J connectivity index is 0.000000128. The second-order valence-electron chi connectivity index (χ2n) is 25.0. The van der Waals surface area contributed by atoms with Gasteiger partial charge < -0.3 is 15.3 Å². The molecule has 0 spiro atoms. The zero-order valence-corrected chi connectivity index (χ0v) is 52.8. The van der Waals surface area contributed by atoms with Crippen molar-refractivity contribution in [2.24, 2.45) is 0 Å². The molecule has 0 saturated heterocycles. The van der Waals surface area contributed by atoms with Crippen molar-refractivity contribution < 1.29 is 34.7 Å². The maximum atomic E-state index is 13.9. The normalized spacial score (nSPS) is 14.6. The van der Waals surface area contributed by atoms with Gasteiger partial charge in [-0.3, -0.25) is 0 Å². The van der Waals surface area contributed by atoms with E-state index in [1.54, 1.807) is 34.8 Å². The Morgan fingerprint density at radius 2 is 0.705 bits per heavy atom. The molecule has 6 nitrogen and oxygen atoms in total. The number of H-pyrrole nitrogens is 3. The number of aromatic nitrogens is 3. The molecule has 4 aliphatic carbocycles. The molecule has 13 heteroatoms. The fourth-order valence-electron chi connectivity index (χ4n) is 14.5. The Kier molecular flexibility index (Phi) is 14.7. The Labute approximate surface area is 534 Å². The van der Waals surface area contributed by atoms with Crippen molar-refractivity contribution in [1.29, 1.82) is 0 Å². The monoisotopic (exact) mass is 1190 g/mol. The summed E-state index contributed by atoms with van der Waals surface area (Å²) in [7, 11) is 0. The molecule has 0 aliphatic heterocycles. The van der Waals surface area contributed by atoms with Crippen LogP contribution in [0.15, 0.2) is 188 Å². The second kappa shape index (κ2) is 21.5.